The highest BCUT2D eigenvalue weighted by Crippen LogP contribution is 2.17. The van der Waals surface area contributed by atoms with Crippen molar-refractivity contribution in [3.8, 4) is 0 Å². The highest BCUT2D eigenvalue weighted by Gasteiger charge is 2.20. The number of amides is 2. The van der Waals surface area contributed by atoms with E-state index < -0.39 is 0 Å². The van der Waals surface area contributed by atoms with Gasteiger partial charge in [0, 0.05) is 25.0 Å². The number of nitrogens with zero attached hydrogens (tertiary/aromatic N) is 2. The molecule has 1 aromatic rings. The lowest BCUT2D eigenvalue weighted by Crippen LogP contribution is -2.41. The van der Waals surface area contributed by atoms with Crippen LogP contribution in [0, 0.1) is 6.92 Å². The Labute approximate surface area is 130 Å². The summed E-state index contributed by atoms with van der Waals surface area (Å²) in [7, 11) is 0. The molecular weight excluding hydrogens is 290 g/mol. The summed E-state index contributed by atoms with van der Waals surface area (Å²) in [6, 6.07) is 1.65. The lowest BCUT2D eigenvalue weighted by atomic mass is 10.2. The van der Waals surface area contributed by atoms with Crippen LogP contribution >= 0.6 is 11.6 Å². The van der Waals surface area contributed by atoms with Crippen molar-refractivity contribution in [3.63, 3.8) is 0 Å². The van der Waals surface area contributed by atoms with Crippen LogP contribution in [0.1, 0.15) is 42.7 Å². The van der Waals surface area contributed by atoms with Crippen LogP contribution in [0.3, 0.4) is 0 Å². The van der Waals surface area contributed by atoms with E-state index in [4.69, 9.17) is 11.6 Å². The molecule has 1 aromatic heterocycles. The number of nitrogens with one attached hydrogen (secondary N) is 1. The topological polar surface area (TPSA) is 62.3 Å². The summed E-state index contributed by atoms with van der Waals surface area (Å²) in [6.45, 7) is 6.90. The van der Waals surface area contributed by atoms with E-state index in [1.165, 1.54) is 11.1 Å². The van der Waals surface area contributed by atoms with Gasteiger partial charge in [-0.05, 0) is 25.8 Å². The van der Waals surface area contributed by atoms with Gasteiger partial charge in [0.25, 0.3) is 5.91 Å². The van der Waals surface area contributed by atoms with E-state index in [9.17, 15) is 9.59 Å². The summed E-state index contributed by atoms with van der Waals surface area (Å²) in [5.41, 5.74) is 1.08. The molecule has 1 heterocycles. The molecule has 0 aliphatic heterocycles. The average Bonchev–Trinajstić information content (AvgIpc) is 2.44. The van der Waals surface area contributed by atoms with Gasteiger partial charge in [0.15, 0.2) is 0 Å². The molecule has 0 unspecified atom stereocenters. The minimum Gasteiger partial charge on any atom is -0.355 e. The van der Waals surface area contributed by atoms with E-state index in [2.05, 4.69) is 10.3 Å². The van der Waals surface area contributed by atoms with Crippen LogP contribution in [0.2, 0.25) is 5.02 Å². The van der Waals surface area contributed by atoms with Gasteiger partial charge in [0.1, 0.15) is 0 Å². The molecule has 0 fully saturated rings. The Kier molecular flexibility index (Phi) is 7.15. The zero-order valence-corrected chi connectivity index (χ0v) is 13.5. The fourth-order valence-electron chi connectivity index (χ4n) is 1.87. The second kappa shape index (κ2) is 8.62. The molecule has 2 amide bonds. The molecule has 0 radical (unpaired) electrons. The summed E-state index contributed by atoms with van der Waals surface area (Å²) >= 11 is 6.10. The molecule has 6 heteroatoms. The van der Waals surface area contributed by atoms with Gasteiger partial charge in [-0.2, -0.15) is 0 Å². The maximum absolute atomic E-state index is 12.5. The fraction of sp³-hybridized carbons (Fsp3) is 0.533. The molecule has 0 aliphatic carbocycles. The zero-order chi connectivity index (χ0) is 15.8. The quantitative estimate of drug-likeness (QED) is 0.841. The SMILES string of the molecule is CCCNC(=O)CN(CCC)C(=O)c1cnc(C)cc1Cl. The number of aryl methyl sites for hydroxylation is 1. The third kappa shape index (κ3) is 5.34. The Morgan fingerprint density at radius 2 is 2.05 bits per heavy atom. The maximum atomic E-state index is 12.5. The van der Waals surface area contributed by atoms with Crippen molar-refractivity contribution < 1.29 is 9.59 Å². The summed E-state index contributed by atoms with van der Waals surface area (Å²) < 4.78 is 0. The number of hydrogen-bond donors (Lipinski definition) is 1. The van der Waals surface area contributed by atoms with Gasteiger partial charge in [-0.3, -0.25) is 14.6 Å². The van der Waals surface area contributed by atoms with Crippen molar-refractivity contribution in [1.82, 2.24) is 15.2 Å². The monoisotopic (exact) mass is 311 g/mol. The molecule has 0 aromatic carbocycles. The van der Waals surface area contributed by atoms with Crippen molar-refractivity contribution in [1.29, 1.82) is 0 Å². The summed E-state index contributed by atoms with van der Waals surface area (Å²) in [5.74, 6) is -0.421. The number of hydrogen-bond acceptors (Lipinski definition) is 3. The highest BCUT2D eigenvalue weighted by molar-refractivity contribution is 6.33. The molecular formula is C15H22ClN3O2. The van der Waals surface area contributed by atoms with Gasteiger partial charge in [0.2, 0.25) is 5.91 Å². The van der Waals surface area contributed by atoms with E-state index in [0.717, 1.165) is 18.5 Å². The Morgan fingerprint density at radius 1 is 1.33 bits per heavy atom. The van der Waals surface area contributed by atoms with Crippen LogP contribution in [0.15, 0.2) is 12.3 Å². The Morgan fingerprint density at radius 3 is 2.62 bits per heavy atom. The molecule has 21 heavy (non-hydrogen) atoms. The lowest BCUT2D eigenvalue weighted by molar-refractivity contribution is -0.121. The largest absolute Gasteiger partial charge is 0.355 e. The predicted molar refractivity (Wildman–Crippen MR) is 83.5 cm³/mol. The molecule has 0 spiro atoms. The summed E-state index contributed by atoms with van der Waals surface area (Å²) in [5, 5.41) is 3.13. The number of pyridine rings is 1. The number of halogens is 1. The fourth-order valence-corrected chi connectivity index (χ4v) is 2.16. The predicted octanol–water partition coefficient (Wildman–Crippen LogP) is 2.42. The van der Waals surface area contributed by atoms with Crippen LogP contribution < -0.4 is 5.32 Å². The van der Waals surface area contributed by atoms with E-state index >= 15 is 0 Å². The van der Waals surface area contributed by atoms with Gasteiger partial charge >= 0.3 is 0 Å². The molecule has 5 nitrogen and oxygen atoms in total. The standard InChI is InChI=1S/C15H22ClN3O2/c1-4-6-17-14(20)10-19(7-5-2)15(21)12-9-18-11(3)8-13(12)16/h8-9H,4-7,10H2,1-3H3,(H,17,20). The van der Waals surface area contributed by atoms with Crippen molar-refractivity contribution in [2.45, 2.75) is 33.6 Å². The maximum Gasteiger partial charge on any atom is 0.257 e. The van der Waals surface area contributed by atoms with Crippen LogP contribution in [0.5, 0.6) is 0 Å². The van der Waals surface area contributed by atoms with Crippen molar-refractivity contribution in [2.75, 3.05) is 19.6 Å². The molecule has 1 N–H and O–H groups in total. The third-order valence-electron chi connectivity index (χ3n) is 2.91. The first-order chi connectivity index (χ1) is 9.99. The molecule has 1 rings (SSSR count). The molecule has 0 saturated carbocycles. The lowest BCUT2D eigenvalue weighted by Gasteiger charge is -2.22. The third-order valence-corrected chi connectivity index (χ3v) is 3.22. The molecule has 0 aliphatic rings. The van der Waals surface area contributed by atoms with Crippen LogP contribution in [0.4, 0.5) is 0 Å². The average molecular weight is 312 g/mol. The zero-order valence-electron chi connectivity index (χ0n) is 12.8. The number of rotatable bonds is 7. The van der Waals surface area contributed by atoms with Gasteiger partial charge in [-0.25, -0.2) is 0 Å². The number of carbonyl (C=O) groups excluding carboxylic acids is 2. The first-order valence-electron chi connectivity index (χ1n) is 7.17. The first kappa shape index (κ1) is 17.4. The highest BCUT2D eigenvalue weighted by atomic mass is 35.5. The summed E-state index contributed by atoms with van der Waals surface area (Å²) in [4.78, 5) is 29.9. The second-order valence-corrected chi connectivity index (χ2v) is 5.29. The number of carbonyl (C=O) groups is 2. The van der Waals surface area contributed by atoms with E-state index in [-0.39, 0.29) is 18.4 Å². The van der Waals surface area contributed by atoms with Crippen molar-refractivity contribution in [3.05, 3.63) is 28.5 Å². The minimum atomic E-state index is -0.263. The van der Waals surface area contributed by atoms with Crippen LogP contribution in [-0.4, -0.2) is 41.3 Å². The second-order valence-electron chi connectivity index (χ2n) is 4.88. The van der Waals surface area contributed by atoms with Gasteiger partial charge in [0.05, 0.1) is 17.1 Å². The normalized spacial score (nSPS) is 10.3. The van der Waals surface area contributed by atoms with Crippen molar-refractivity contribution in [2.24, 2.45) is 0 Å². The van der Waals surface area contributed by atoms with Crippen molar-refractivity contribution >= 4 is 23.4 Å². The molecule has 0 saturated heterocycles. The molecule has 116 valence electrons. The van der Waals surface area contributed by atoms with Gasteiger partial charge < -0.3 is 10.2 Å². The minimum absolute atomic E-state index is 0.0386. The molecule has 0 atom stereocenters. The molecule has 0 bridgehead atoms. The Hall–Kier alpha value is -1.62. The first-order valence-corrected chi connectivity index (χ1v) is 7.55. The van der Waals surface area contributed by atoms with E-state index in [1.54, 1.807) is 6.07 Å². The van der Waals surface area contributed by atoms with Crippen LogP contribution in [0.25, 0.3) is 0 Å². The van der Waals surface area contributed by atoms with Crippen LogP contribution in [-0.2, 0) is 4.79 Å². The van der Waals surface area contributed by atoms with Gasteiger partial charge in [-0.15, -0.1) is 0 Å². The Bertz CT molecular complexity index is 506. The van der Waals surface area contributed by atoms with Gasteiger partial charge in [-0.1, -0.05) is 25.4 Å². The van der Waals surface area contributed by atoms with E-state index in [1.807, 2.05) is 20.8 Å². The Balaban J connectivity index is 2.83. The summed E-state index contributed by atoms with van der Waals surface area (Å²) in [6.07, 6.45) is 3.09. The smallest absolute Gasteiger partial charge is 0.257 e. The number of aromatic nitrogens is 1. The van der Waals surface area contributed by atoms with E-state index in [0.29, 0.717) is 23.7 Å².